The van der Waals surface area contributed by atoms with Gasteiger partial charge in [-0.1, -0.05) is 12.1 Å². The normalized spacial score (nSPS) is 16.3. The van der Waals surface area contributed by atoms with Crippen molar-refractivity contribution in [2.24, 2.45) is 0 Å². The van der Waals surface area contributed by atoms with Gasteiger partial charge in [0.2, 0.25) is 0 Å². The minimum atomic E-state index is -0.409. The molecule has 35 heavy (non-hydrogen) atoms. The largest absolute Gasteiger partial charge is 0.496 e. The van der Waals surface area contributed by atoms with Crippen LogP contribution in [0.1, 0.15) is 21.5 Å². The van der Waals surface area contributed by atoms with Crippen molar-refractivity contribution < 1.29 is 14.6 Å². The number of likely N-dealkylation sites (N-methyl/N-ethyl adjacent to an activating group) is 1. The topological polar surface area (TPSA) is 94.6 Å². The van der Waals surface area contributed by atoms with Gasteiger partial charge in [0.15, 0.2) is 5.65 Å². The number of amides is 1. The number of benzene rings is 2. The number of aliphatic hydroxyl groups excluding tert-OH is 1. The Labute approximate surface area is 203 Å². The van der Waals surface area contributed by atoms with Crippen LogP contribution in [0.2, 0.25) is 0 Å². The van der Waals surface area contributed by atoms with Gasteiger partial charge in [-0.05, 0) is 54.4 Å². The van der Waals surface area contributed by atoms with Crippen LogP contribution in [0.3, 0.4) is 0 Å². The molecule has 1 saturated heterocycles. The SMILES string of the molecule is COc1cc(-c2cnc3[nH]cc(-c4ccc(C(=O)N5CC(O)C5)cc4)c3n2)cc2c1CCN(C)C2. The Balaban J connectivity index is 1.35. The lowest BCUT2D eigenvalue weighted by atomic mass is 9.95. The number of likely N-dealkylation sites (tertiary alicyclic amines) is 1. The summed E-state index contributed by atoms with van der Waals surface area (Å²) in [4.78, 5) is 29.3. The number of nitrogens with zero attached hydrogens (tertiary/aromatic N) is 4. The first-order chi connectivity index (χ1) is 17.0. The number of H-pyrrole nitrogens is 1. The van der Waals surface area contributed by atoms with E-state index in [4.69, 9.17) is 9.72 Å². The van der Waals surface area contributed by atoms with E-state index in [1.54, 1.807) is 18.2 Å². The highest BCUT2D eigenvalue weighted by molar-refractivity contribution is 5.96. The summed E-state index contributed by atoms with van der Waals surface area (Å²) in [6, 6.07) is 11.8. The molecule has 4 aromatic rings. The third kappa shape index (κ3) is 3.84. The van der Waals surface area contributed by atoms with Crippen LogP contribution in [0.4, 0.5) is 0 Å². The molecule has 0 saturated carbocycles. The Morgan fingerprint density at radius 2 is 1.97 bits per heavy atom. The highest BCUT2D eigenvalue weighted by atomic mass is 16.5. The van der Waals surface area contributed by atoms with Crippen LogP contribution in [0, 0.1) is 0 Å². The molecular formula is C27H27N5O3. The van der Waals surface area contributed by atoms with Gasteiger partial charge < -0.3 is 24.6 Å². The molecule has 8 heteroatoms. The van der Waals surface area contributed by atoms with Gasteiger partial charge in [-0.2, -0.15) is 0 Å². The molecule has 2 N–H and O–H groups in total. The molecule has 2 aromatic heterocycles. The monoisotopic (exact) mass is 469 g/mol. The van der Waals surface area contributed by atoms with Crippen LogP contribution in [-0.2, 0) is 13.0 Å². The average molecular weight is 470 g/mol. The molecule has 0 atom stereocenters. The van der Waals surface area contributed by atoms with Gasteiger partial charge >= 0.3 is 0 Å². The standard InChI is InChI=1S/C27H27N5O3/c1-31-8-7-21-19(13-31)9-18(10-24(21)35-2)23-12-29-26-25(30-23)22(11-28-26)16-3-5-17(6-4-16)27(34)32-14-20(33)15-32/h3-6,9-12,20,33H,7-8,13-15H2,1-2H3,(H,28,29). The van der Waals surface area contributed by atoms with Crippen LogP contribution in [0.5, 0.6) is 5.75 Å². The number of carbonyl (C=O) groups is 1. The van der Waals surface area contributed by atoms with Crippen molar-refractivity contribution in [1.82, 2.24) is 24.8 Å². The highest BCUT2D eigenvalue weighted by Gasteiger charge is 2.29. The Hall–Kier alpha value is -3.75. The minimum Gasteiger partial charge on any atom is -0.496 e. The number of methoxy groups -OCH3 is 1. The van der Waals surface area contributed by atoms with E-state index in [-0.39, 0.29) is 5.91 Å². The lowest BCUT2D eigenvalue weighted by molar-refractivity contribution is 0.00590. The fourth-order valence-electron chi connectivity index (χ4n) is 4.98. The molecule has 178 valence electrons. The Kier molecular flexibility index (Phi) is 5.27. The second-order valence-electron chi connectivity index (χ2n) is 9.40. The number of aromatic nitrogens is 3. The lowest BCUT2D eigenvalue weighted by Crippen LogP contribution is -2.53. The number of hydrogen-bond donors (Lipinski definition) is 2. The van der Waals surface area contributed by atoms with Gasteiger partial charge in [-0.25, -0.2) is 9.97 Å². The Bertz CT molecular complexity index is 1420. The number of aliphatic hydroxyl groups is 1. The fraction of sp³-hybridized carbons (Fsp3) is 0.296. The summed E-state index contributed by atoms with van der Waals surface area (Å²) in [6.45, 7) is 2.69. The number of hydrogen-bond acceptors (Lipinski definition) is 6. The molecule has 0 bridgehead atoms. The Morgan fingerprint density at radius 3 is 2.71 bits per heavy atom. The summed E-state index contributed by atoms with van der Waals surface area (Å²) in [6.07, 6.45) is 4.26. The summed E-state index contributed by atoms with van der Waals surface area (Å²) >= 11 is 0. The predicted molar refractivity (Wildman–Crippen MR) is 133 cm³/mol. The van der Waals surface area contributed by atoms with Crippen molar-refractivity contribution in [3.05, 3.63) is 65.5 Å². The molecule has 8 nitrogen and oxygen atoms in total. The summed E-state index contributed by atoms with van der Waals surface area (Å²) < 4.78 is 5.72. The van der Waals surface area contributed by atoms with Crippen LogP contribution in [0.25, 0.3) is 33.5 Å². The number of carbonyl (C=O) groups excluding carboxylic acids is 1. The molecule has 0 unspecified atom stereocenters. The molecule has 1 fully saturated rings. The van der Waals surface area contributed by atoms with E-state index >= 15 is 0 Å². The number of nitrogens with one attached hydrogen (secondary N) is 1. The summed E-state index contributed by atoms with van der Waals surface area (Å²) in [5.74, 6) is 0.839. The number of ether oxygens (including phenoxy) is 1. The zero-order chi connectivity index (χ0) is 24.1. The summed E-state index contributed by atoms with van der Waals surface area (Å²) in [5.41, 5.74) is 8.28. The molecule has 1 amide bonds. The fourth-order valence-corrected chi connectivity index (χ4v) is 4.98. The van der Waals surface area contributed by atoms with Crippen molar-refractivity contribution in [2.75, 3.05) is 33.8 Å². The van der Waals surface area contributed by atoms with E-state index < -0.39 is 6.10 Å². The first-order valence-electron chi connectivity index (χ1n) is 11.8. The predicted octanol–water partition coefficient (Wildman–Crippen LogP) is 3.11. The van der Waals surface area contributed by atoms with E-state index in [9.17, 15) is 9.90 Å². The molecule has 6 rings (SSSR count). The van der Waals surface area contributed by atoms with Crippen molar-refractivity contribution in [3.8, 4) is 28.1 Å². The van der Waals surface area contributed by atoms with Crippen molar-refractivity contribution in [2.45, 2.75) is 19.1 Å². The molecular weight excluding hydrogens is 442 g/mol. The van der Waals surface area contributed by atoms with Crippen molar-refractivity contribution >= 4 is 17.1 Å². The molecule has 2 aliphatic heterocycles. The molecule has 4 heterocycles. The summed E-state index contributed by atoms with van der Waals surface area (Å²) in [5, 5.41) is 9.47. The van der Waals surface area contributed by atoms with E-state index in [2.05, 4.69) is 34.0 Å². The zero-order valence-electron chi connectivity index (χ0n) is 19.8. The van der Waals surface area contributed by atoms with Crippen LogP contribution in [0.15, 0.2) is 48.8 Å². The number of β-amino-alcohol motifs (C(OH)–C–C–N with tert-alkyl or cyclic N) is 1. The molecule has 2 aromatic carbocycles. The van der Waals surface area contributed by atoms with Crippen molar-refractivity contribution in [1.29, 1.82) is 0 Å². The second-order valence-corrected chi connectivity index (χ2v) is 9.40. The quantitative estimate of drug-likeness (QED) is 0.477. The first-order valence-corrected chi connectivity index (χ1v) is 11.8. The maximum absolute atomic E-state index is 12.5. The minimum absolute atomic E-state index is 0.0603. The van der Waals surface area contributed by atoms with Gasteiger partial charge in [0.25, 0.3) is 5.91 Å². The van der Waals surface area contributed by atoms with Crippen LogP contribution in [-0.4, -0.2) is 75.7 Å². The van der Waals surface area contributed by atoms with Gasteiger partial charge in [-0.3, -0.25) is 4.79 Å². The maximum Gasteiger partial charge on any atom is 0.254 e. The van der Waals surface area contributed by atoms with Crippen molar-refractivity contribution in [3.63, 3.8) is 0 Å². The number of aromatic amines is 1. The Morgan fingerprint density at radius 1 is 1.17 bits per heavy atom. The van der Waals surface area contributed by atoms with Gasteiger partial charge in [0.1, 0.15) is 11.3 Å². The zero-order valence-corrected chi connectivity index (χ0v) is 19.8. The third-order valence-corrected chi connectivity index (χ3v) is 6.97. The molecule has 0 aliphatic carbocycles. The number of fused-ring (bicyclic) bond motifs is 2. The maximum atomic E-state index is 12.5. The smallest absolute Gasteiger partial charge is 0.254 e. The lowest BCUT2D eigenvalue weighted by Gasteiger charge is -2.35. The van der Waals surface area contributed by atoms with Gasteiger partial charge in [-0.15, -0.1) is 0 Å². The third-order valence-electron chi connectivity index (χ3n) is 6.97. The van der Waals surface area contributed by atoms with E-state index in [1.165, 1.54) is 11.1 Å². The molecule has 0 radical (unpaired) electrons. The average Bonchev–Trinajstić information content (AvgIpc) is 3.29. The van der Waals surface area contributed by atoms with Crippen LogP contribution < -0.4 is 4.74 Å². The van der Waals surface area contributed by atoms with E-state index in [0.29, 0.717) is 24.3 Å². The molecule has 2 aliphatic rings. The first kappa shape index (κ1) is 21.8. The van der Waals surface area contributed by atoms with Gasteiger partial charge in [0, 0.05) is 49.1 Å². The van der Waals surface area contributed by atoms with Crippen LogP contribution >= 0.6 is 0 Å². The van der Waals surface area contributed by atoms with E-state index in [0.717, 1.165) is 53.2 Å². The van der Waals surface area contributed by atoms with Gasteiger partial charge in [0.05, 0.1) is 25.1 Å². The number of rotatable bonds is 4. The highest BCUT2D eigenvalue weighted by Crippen LogP contribution is 2.34. The summed E-state index contributed by atoms with van der Waals surface area (Å²) in [7, 11) is 3.85. The van der Waals surface area contributed by atoms with E-state index in [1.807, 2.05) is 30.5 Å². The molecule has 0 spiro atoms. The second kappa shape index (κ2) is 8.48.